The molecule has 4 rings (SSSR count). The zero-order chi connectivity index (χ0) is 24.3. The highest BCUT2D eigenvalue weighted by Crippen LogP contribution is 2.35. The molecule has 1 atom stereocenters. The lowest BCUT2D eigenvalue weighted by atomic mass is 10.0. The Bertz CT molecular complexity index is 1150. The Hall–Kier alpha value is -2.31. The number of benzene rings is 1. The second-order valence-corrected chi connectivity index (χ2v) is 11.2. The predicted octanol–water partition coefficient (Wildman–Crippen LogP) is 1.16. The Morgan fingerprint density at radius 3 is 2.53 bits per heavy atom. The lowest BCUT2D eigenvalue weighted by Crippen LogP contribution is -3.11. The van der Waals surface area contributed by atoms with Crippen LogP contribution in [0.3, 0.4) is 0 Å². The average Bonchev–Trinajstić information content (AvgIpc) is 3.21. The smallest absolute Gasteiger partial charge is 0.341 e. The number of carbonyl (C=O) groups excluding carboxylic acids is 2. The van der Waals surface area contributed by atoms with E-state index in [1.165, 1.54) is 44.8 Å². The Balaban J connectivity index is 1.55. The maximum absolute atomic E-state index is 13.0. The van der Waals surface area contributed by atoms with E-state index in [0.717, 1.165) is 36.5 Å². The molecule has 2 aliphatic rings. The molecule has 0 saturated carbocycles. The molecule has 1 aromatic carbocycles. The number of esters is 1. The Morgan fingerprint density at radius 2 is 1.88 bits per heavy atom. The lowest BCUT2D eigenvalue weighted by molar-refractivity contribution is -0.913. The number of quaternary nitrogens is 1. The van der Waals surface area contributed by atoms with Gasteiger partial charge in [-0.05, 0) is 43.7 Å². The van der Waals surface area contributed by atoms with E-state index in [2.05, 4.69) is 12.2 Å². The van der Waals surface area contributed by atoms with Crippen molar-refractivity contribution in [2.24, 2.45) is 0 Å². The van der Waals surface area contributed by atoms with E-state index in [1.807, 2.05) is 0 Å². The normalized spacial score (nSPS) is 18.8. The molecule has 0 bridgehead atoms. The van der Waals surface area contributed by atoms with E-state index in [1.54, 1.807) is 6.92 Å². The van der Waals surface area contributed by atoms with Crippen LogP contribution in [0, 0.1) is 0 Å². The maximum atomic E-state index is 13.0. The fourth-order valence-electron chi connectivity index (χ4n) is 4.24. The van der Waals surface area contributed by atoms with Crippen LogP contribution >= 0.6 is 11.3 Å². The van der Waals surface area contributed by atoms with Crippen LogP contribution in [0.4, 0.5) is 5.00 Å². The van der Waals surface area contributed by atoms with Gasteiger partial charge < -0.3 is 19.7 Å². The number of rotatable bonds is 7. The maximum Gasteiger partial charge on any atom is 0.341 e. The molecule has 2 aromatic rings. The number of carbonyl (C=O) groups is 2. The minimum absolute atomic E-state index is 0.132. The molecule has 3 heterocycles. The largest absolute Gasteiger partial charge is 0.462 e. The topological polar surface area (TPSA) is 106 Å². The highest BCUT2D eigenvalue weighted by molar-refractivity contribution is 7.89. The van der Waals surface area contributed by atoms with E-state index >= 15 is 0 Å². The minimum Gasteiger partial charge on any atom is -0.462 e. The zero-order valence-electron chi connectivity index (χ0n) is 19.4. The van der Waals surface area contributed by atoms with Crippen molar-refractivity contribution in [1.82, 2.24) is 4.31 Å². The quantitative estimate of drug-likeness (QED) is 0.544. The van der Waals surface area contributed by atoms with Crippen LogP contribution in [0.1, 0.15) is 45.0 Å². The van der Waals surface area contributed by atoms with Gasteiger partial charge in [-0.25, -0.2) is 13.2 Å². The van der Waals surface area contributed by atoms with Gasteiger partial charge in [0, 0.05) is 25.1 Å². The minimum atomic E-state index is -3.64. The molecule has 1 unspecified atom stereocenters. The number of likely N-dealkylation sites (N-methyl/N-ethyl adjacent to an activating group) is 1. The number of amides is 1. The molecule has 1 fully saturated rings. The zero-order valence-corrected chi connectivity index (χ0v) is 21.0. The van der Waals surface area contributed by atoms with Gasteiger partial charge in [-0.1, -0.05) is 0 Å². The van der Waals surface area contributed by atoms with Crippen molar-refractivity contribution in [3.05, 3.63) is 45.8 Å². The monoisotopic (exact) mass is 508 g/mol. The van der Waals surface area contributed by atoms with Gasteiger partial charge in [0.05, 0.1) is 48.2 Å². The molecular formula is C23H30N3O6S2+. The number of nitrogens with zero attached hydrogens (tertiary/aromatic N) is 1. The summed E-state index contributed by atoms with van der Waals surface area (Å²) in [5.74, 6) is -0.832. The highest BCUT2D eigenvalue weighted by Gasteiger charge is 2.31. The van der Waals surface area contributed by atoms with Crippen LogP contribution in [-0.2, 0) is 32.5 Å². The van der Waals surface area contributed by atoms with Gasteiger partial charge in [0.15, 0.2) is 0 Å². The fraction of sp³-hybridized carbons (Fsp3) is 0.478. The molecule has 34 heavy (non-hydrogen) atoms. The van der Waals surface area contributed by atoms with Crippen LogP contribution in [0.5, 0.6) is 0 Å². The van der Waals surface area contributed by atoms with Gasteiger partial charge in [-0.15, -0.1) is 11.3 Å². The second-order valence-electron chi connectivity index (χ2n) is 8.20. The van der Waals surface area contributed by atoms with Gasteiger partial charge >= 0.3 is 5.97 Å². The Morgan fingerprint density at radius 1 is 1.18 bits per heavy atom. The summed E-state index contributed by atoms with van der Waals surface area (Å²) in [6.45, 7) is 8.22. The lowest BCUT2D eigenvalue weighted by Gasteiger charge is -2.26. The first-order chi connectivity index (χ1) is 16.3. The molecule has 0 radical (unpaired) electrons. The number of morpholine rings is 1. The average molecular weight is 509 g/mol. The first-order valence-corrected chi connectivity index (χ1v) is 13.7. The van der Waals surface area contributed by atoms with E-state index in [9.17, 15) is 18.0 Å². The third-order valence-electron chi connectivity index (χ3n) is 6.16. The first-order valence-electron chi connectivity index (χ1n) is 11.5. The number of ether oxygens (including phenoxy) is 2. The standard InChI is InChI=1S/C23H29N3O6S2/c1-3-25-10-9-18-19(15-25)33-22(20(18)23(28)32-4-2)24-21(27)16-5-7-17(8-6-16)34(29,30)26-11-13-31-14-12-26/h5-8H,3-4,9-15H2,1-2H3,(H,24,27)/p+1. The van der Waals surface area contributed by atoms with Gasteiger partial charge in [-0.3, -0.25) is 4.79 Å². The van der Waals surface area contributed by atoms with Crippen LogP contribution in [0.15, 0.2) is 29.2 Å². The summed E-state index contributed by atoms with van der Waals surface area (Å²) in [6.07, 6.45) is 0.757. The molecule has 9 nitrogen and oxygen atoms in total. The number of nitrogens with one attached hydrogen (secondary N) is 2. The van der Waals surface area contributed by atoms with Crippen LogP contribution in [-0.4, -0.2) is 70.6 Å². The summed E-state index contributed by atoms with van der Waals surface area (Å²) >= 11 is 1.42. The molecule has 0 aliphatic carbocycles. The Kier molecular flexibility index (Phi) is 7.68. The second kappa shape index (κ2) is 10.5. The molecule has 1 amide bonds. The fourth-order valence-corrected chi connectivity index (χ4v) is 6.95. The number of hydrogen-bond donors (Lipinski definition) is 2. The summed E-state index contributed by atoms with van der Waals surface area (Å²) in [4.78, 5) is 28.4. The summed E-state index contributed by atoms with van der Waals surface area (Å²) in [7, 11) is -3.64. The van der Waals surface area contributed by atoms with Crippen molar-refractivity contribution in [1.29, 1.82) is 0 Å². The molecule has 1 aromatic heterocycles. The van der Waals surface area contributed by atoms with Gasteiger partial charge in [-0.2, -0.15) is 4.31 Å². The van der Waals surface area contributed by atoms with Gasteiger partial charge in [0.25, 0.3) is 5.91 Å². The number of sulfonamides is 1. The van der Waals surface area contributed by atoms with Crippen LogP contribution in [0.25, 0.3) is 0 Å². The van der Waals surface area contributed by atoms with E-state index in [0.29, 0.717) is 42.4 Å². The molecule has 184 valence electrons. The van der Waals surface area contributed by atoms with Crippen LogP contribution in [0.2, 0.25) is 0 Å². The molecule has 2 aliphatic heterocycles. The number of thiophene rings is 1. The summed E-state index contributed by atoms with van der Waals surface area (Å²) in [5.41, 5.74) is 1.71. The molecule has 2 N–H and O–H groups in total. The van der Waals surface area contributed by atoms with Crippen molar-refractivity contribution < 1.29 is 32.4 Å². The van der Waals surface area contributed by atoms with E-state index in [-0.39, 0.29) is 11.5 Å². The molecule has 11 heteroatoms. The van der Waals surface area contributed by atoms with Crippen molar-refractivity contribution in [3.8, 4) is 0 Å². The third kappa shape index (κ3) is 5.03. The predicted molar refractivity (Wildman–Crippen MR) is 128 cm³/mol. The van der Waals surface area contributed by atoms with Gasteiger partial charge in [0.1, 0.15) is 11.5 Å². The molecular weight excluding hydrogens is 478 g/mol. The summed E-state index contributed by atoms with van der Waals surface area (Å²) < 4.78 is 37.5. The Labute approximate surface area is 203 Å². The summed E-state index contributed by atoms with van der Waals surface area (Å²) in [6, 6.07) is 5.86. The van der Waals surface area contributed by atoms with Gasteiger partial charge in [0.2, 0.25) is 10.0 Å². The SMILES string of the molecule is CCOC(=O)c1c(NC(=O)c2ccc(S(=O)(=O)N3CCOCC3)cc2)sc2c1CC[NH+](CC)C2. The van der Waals surface area contributed by atoms with Crippen molar-refractivity contribution in [2.75, 3.05) is 51.3 Å². The van der Waals surface area contributed by atoms with Crippen molar-refractivity contribution in [3.63, 3.8) is 0 Å². The van der Waals surface area contributed by atoms with Crippen LogP contribution < -0.4 is 10.2 Å². The number of anilines is 1. The van der Waals surface area contributed by atoms with Crippen molar-refractivity contribution >= 4 is 38.2 Å². The van der Waals surface area contributed by atoms with Crippen molar-refractivity contribution in [2.45, 2.75) is 31.7 Å². The summed E-state index contributed by atoms with van der Waals surface area (Å²) in [5, 5.41) is 3.35. The number of hydrogen-bond acceptors (Lipinski definition) is 7. The van der Waals surface area contributed by atoms with E-state index in [4.69, 9.17) is 9.47 Å². The first kappa shape index (κ1) is 24.8. The third-order valence-corrected chi connectivity index (χ3v) is 9.22. The van der Waals surface area contributed by atoms with E-state index < -0.39 is 21.9 Å². The highest BCUT2D eigenvalue weighted by atomic mass is 32.2. The molecule has 0 spiro atoms. The molecule has 1 saturated heterocycles. The number of fused-ring (bicyclic) bond motifs is 1.